The van der Waals surface area contributed by atoms with Crippen LogP contribution in [-0.2, 0) is 20.8 Å². The summed E-state index contributed by atoms with van der Waals surface area (Å²) in [6, 6.07) is 6.59. The first-order valence-corrected chi connectivity index (χ1v) is 9.05. The number of hydrogen-bond donors (Lipinski definition) is 4. The third-order valence-electron chi connectivity index (χ3n) is 4.43. The number of hydrogen-bond acceptors (Lipinski definition) is 10. The highest BCUT2D eigenvalue weighted by Crippen LogP contribution is 2.22. The Morgan fingerprint density at radius 1 is 1.17 bits per heavy atom. The summed E-state index contributed by atoms with van der Waals surface area (Å²) in [7, 11) is 0. The lowest BCUT2D eigenvalue weighted by atomic mass is 9.99. The van der Waals surface area contributed by atoms with Crippen LogP contribution in [0.4, 0.5) is 0 Å². The van der Waals surface area contributed by atoms with Crippen LogP contribution in [0.1, 0.15) is 23.0 Å². The van der Waals surface area contributed by atoms with Crippen molar-refractivity contribution in [3.8, 4) is 5.69 Å². The van der Waals surface area contributed by atoms with Crippen molar-refractivity contribution in [3.05, 3.63) is 41.7 Å². The third-order valence-corrected chi connectivity index (χ3v) is 4.43. The molecule has 1 aromatic heterocycles. The SMILES string of the molecule is CCOC(=O)c1ccc(-n2cc(CO[C@H]3O[C@H](CO)[C@@H](O)[C@H](O)[C@@H]3O)nn2)cc1. The number of aliphatic hydroxyl groups excluding tert-OH is 4. The molecule has 0 unspecified atom stereocenters. The van der Waals surface area contributed by atoms with Gasteiger partial charge in [-0.3, -0.25) is 0 Å². The Bertz CT molecular complexity index is 810. The molecule has 5 atom stereocenters. The molecule has 0 radical (unpaired) electrons. The molecule has 11 heteroatoms. The minimum Gasteiger partial charge on any atom is -0.462 e. The fourth-order valence-electron chi connectivity index (χ4n) is 2.83. The molecule has 29 heavy (non-hydrogen) atoms. The van der Waals surface area contributed by atoms with Gasteiger partial charge < -0.3 is 34.6 Å². The zero-order valence-corrected chi connectivity index (χ0v) is 15.7. The zero-order chi connectivity index (χ0) is 21.0. The van der Waals surface area contributed by atoms with E-state index in [4.69, 9.17) is 14.2 Å². The van der Waals surface area contributed by atoms with Crippen LogP contribution in [-0.4, -0.2) is 85.3 Å². The fraction of sp³-hybridized carbons (Fsp3) is 0.500. The van der Waals surface area contributed by atoms with Gasteiger partial charge in [0.15, 0.2) is 6.29 Å². The summed E-state index contributed by atoms with van der Waals surface area (Å²) in [5, 5.41) is 46.6. The van der Waals surface area contributed by atoms with Crippen molar-refractivity contribution in [1.29, 1.82) is 0 Å². The number of carbonyl (C=O) groups is 1. The van der Waals surface area contributed by atoms with E-state index >= 15 is 0 Å². The van der Waals surface area contributed by atoms with Crippen molar-refractivity contribution < 1.29 is 39.4 Å². The molecule has 0 aliphatic carbocycles. The molecule has 2 aromatic rings. The van der Waals surface area contributed by atoms with Gasteiger partial charge in [-0.05, 0) is 31.2 Å². The number of ether oxygens (including phenoxy) is 3. The van der Waals surface area contributed by atoms with Crippen molar-refractivity contribution in [2.45, 2.75) is 44.2 Å². The van der Waals surface area contributed by atoms with Gasteiger partial charge in [0, 0.05) is 0 Å². The predicted molar refractivity (Wildman–Crippen MR) is 95.9 cm³/mol. The molecule has 1 aromatic carbocycles. The second kappa shape index (κ2) is 9.39. The minimum absolute atomic E-state index is 0.0937. The van der Waals surface area contributed by atoms with E-state index in [-0.39, 0.29) is 6.61 Å². The molecule has 3 rings (SSSR count). The zero-order valence-electron chi connectivity index (χ0n) is 15.7. The van der Waals surface area contributed by atoms with E-state index in [0.29, 0.717) is 23.6 Å². The summed E-state index contributed by atoms with van der Waals surface area (Å²) in [5.41, 5.74) is 1.49. The van der Waals surface area contributed by atoms with Crippen molar-refractivity contribution in [2.24, 2.45) is 0 Å². The average Bonchev–Trinajstić information content (AvgIpc) is 3.21. The molecule has 4 N–H and O–H groups in total. The fourth-order valence-corrected chi connectivity index (χ4v) is 2.83. The van der Waals surface area contributed by atoms with Crippen LogP contribution in [0.5, 0.6) is 0 Å². The van der Waals surface area contributed by atoms with Crippen molar-refractivity contribution in [2.75, 3.05) is 13.2 Å². The highest BCUT2D eigenvalue weighted by molar-refractivity contribution is 5.89. The van der Waals surface area contributed by atoms with E-state index in [1.807, 2.05) is 0 Å². The lowest BCUT2D eigenvalue weighted by molar-refractivity contribution is -0.304. The highest BCUT2D eigenvalue weighted by Gasteiger charge is 2.44. The molecule has 0 amide bonds. The molecule has 11 nitrogen and oxygen atoms in total. The molecule has 158 valence electrons. The number of nitrogens with zero attached hydrogens (tertiary/aromatic N) is 3. The van der Waals surface area contributed by atoms with Crippen LogP contribution in [0.25, 0.3) is 5.69 Å². The van der Waals surface area contributed by atoms with Gasteiger partial charge in [0.1, 0.15) is 30.1 Å². The monoisotopic (exact) mass is 409 g/mol. The van der Waals surface area contributed by atoms with E-state index in [2.05, 4.69) is 10.3 Å². The Balaban J connectivity index is 1.61. The van der Waals surface area contributed by atoms with Crippen molar-refractivity contribution in [3.63, 3.8) is 0 Å². The molecule has 0 saturated carbocycles. The molecule has 1 saturated heterocycles. The Morgan fingerprint density at radius 2 is 1.90 bits per heavy atom. The number of aromatic nitrogens is 3. The second-order valence-electron chi connectivity index (χ2n) is 6.43. The van der Waals surface area contributed by atoms with Gasteiger partial charge in [-0.25, -0.2) is 9.48 Å². The molecular weight excluding hydrogens is 386 g/mol. The highest BCUT2D eigenvalue weighted by atomic mass is 16.7. The van der Waals surface area contributed by atoms with Gasteiger partial charge in [0.2, 0.25) is 0 Å². The Morgan fingerprint density at radius 3 is 2.55 bits per heavy atom. The number of rotatable bonds is 7. The first-order chi connectivity index (χ1) is 13.9. The van der Waals surface area contributed by atoms with Gasteiger partial charge in [0.05, 0.1) is 37.3 Å². The summed E-state index contributed by atoms with van der Waals surface area (Å²) < 4.78 is 17.1. The molecule has 1 aliphatic heterocycles. The van der Waals surface area contributed by atoms with E-state index in [1.54, 1.807) is 37.4 Å². The summed E-state index contributed by atoms with van der Waals surface area (Å²) in [4.78, 5) is 11.7. The summed E-state index contributed by atoms with van der Waals surface area (Å²) in [5.74, 6) is -0.411. The van der Waals surface area contributed by atoms with Crippen molar-refractivity contribution in [1.82, 2.24) is 15.0 Å². The van der Waals surface area contributed by atoms with E-state index in [1.165, 1.54) is 4.68 Å². The largest absolute Gasteiger partial charge is 0.462 e. The predicted octanol–water partition coefficient (Wildman–Crippen LogP) is -1.24. The molecule has 2 heterocycles. The minimum atomic E-state index is -1.51. The maximum atomic E-state index is 11.7. The smallest absolute Gasteiger partial charge is 0.338 e. The number of esters is 1. The van der Waals surface area contributed by atoms with Crippen LogP contribution in [0.2, 0.25) is 0 Å². The van der Waals surface area contributed by atoms with Crippen LogP contribution in [0, 0.1) is 0 Å². The maximum absolute atomic E-state index is 11.7. The topological polar surface area (TPSA) is 156 Å². The maximum Gasteiger partial charge on any atom is 0.338 e. The lowest BCUT2D eigenvalue weighted by Gasteiger charge is -2.39. The van der Waals surface area contributed by atoms with E-state index in [0.717, 1.165) is 0 Å². The Hall–Kier alpha value is -2.41. The van der Waals surface area contributed by atoms with E-state index in [9.17, 15) is 25.2 Å². The van der Waals surface area contributed by atoms with Crippen LogP contribution in [0.15, 0.2) is 30.5 Å². The van der Waals surface area contributed by atoms with Crippen LogP contribution >= 0.6 is 0 Å². The molecule has 0 spiro atoms. The Labute approximate surface area is 166 Å². The summed E-state index contributed by atoms with van der Waals surface area (Å²) >= 11 is 0. The third kappa shape index (κ3) is 4.78. The van der Waals surface area contributed by atoms with Gasteiger partial charge in [-0.2, -0.15) is 0 Å². The number of benzene rings is 1. The van der Waals surface area contributed by atoms with E-state index < -0.39 is 43.3 Å². The number of carbonyl (C=O) groups excluding carboxylic acids is 1. The summed E-state index contributed by atoms with van der Waals surface area (Å²) in [6.45, 7) is 1.39. The van der Waals surface area contributed by atoms with Gasteiger partial charge in [-0.15, -0.1) is 5.10 Å². The standard InChI is InChI=1S/C18H23N3O8/c1-2-27-17(26)10-3-5-12(6-4-10)21-7-11(19-20-21)9-28-18-16(25)15(24)14(23)13(8-22)29-18/h3-7,13-16,18,22-25H,2,8-9H2,1H3/t13-,14-,15+,16+,18+/m1/s1. The van der Waals surface area contributed by atoms with Gasteiger partial charge >= 0.3 is 5.97 Å². The van der Waals surface area contributed by atoms with Crippen LogP contribution in [0.3, 0.4) is 0 Å². The van der Waals surface area contributed by atoms with Gasteiger partial charge in [-0.1, -0.05) is 5.21 Å². The summed E-state index contributed by atoms with van der Waals surface area (Å²) in [6.07, 6.45) is -5.17. The lowest BCUT2D eigenvalue weighted by Crippen LogP contribution is -2.59. The first kappa shape index (κ1) is 21.3. The second-order valence-corrected chi connectivity index (χ2v) is 6.43. The van der Waals surface area contributed by atoms with Gasteiger partial charge in [0.25, 0.3) is 0 Å². The van der Waals surface area contributed by atoms with Crippen LogP contribution < -0.4 is 0 Å². The normalized spacial score (nSPS) is 27.0. The molecule has 1 fully saturated rings. The quantitative estimate of drug-likeness (QED) is 0.408. The average molecular weight is 409 g/mol. The first-order valence-electron chi connectivity index (χ1n) is 9.05. The number of aliphatic hydroxyl groups is 4. The molecular formula is C18H23N3O8. The molecule has 1 aliphatic rings. The Kier molecular flexibility index (Phi) is 6.90. The molecule has 0 bridgehead atoms. The van der Waals surface area contributed by atoms with Crippen molar-refractivity contribution >= 4 is 5.97 Å².